The van der Waals surface area contributed by atoms with Gasteiger partial charge in [-0.2, -0.15) is 0 Å². The van der Waals surface area contributed by atoms with Crippen LogP contribution in [-0.2, 0) is 9.53 Å². The van der Waals surface area contributed by atoms with Gasteiger partial charge in [0.15, 0.2) is 17.6 Å². The number of aryl methyl sites for hydroxylation is 1. The first-order chi connectivity index (χ1) is 12.4. The number of nitrogen functional groups attached to an aromatic ring is 1. The summed E-state index contributed by atoms with van der Waals surface area (Å²) in [5.74, 6) is -0.111. The first-order valence-electron chi connectivity index (χ1n) is 7.96. The maximum Gasteiger partial charge on any atom is 0.341 e. The van der Waals surface area contributed by atoms with E-state index in [4.69, 9.17) is 19.9 Å². The predicted molar refractivity (Wildman–Crippen MR) is 98.6 cm³/mol. The quantitative estimate of drug-likeness (QED) is 0.608. The molecular formula is C19H22N2O5. The summed E-state index contributed by atoms with van der Waals surface area (Å²) in [4.78, 5) is 24.5. The van der Waals surface area contributed by atoms with E-state index in [1.807, 2.05) is 0 Å². The monoisotopic (exact) mass is 358 g/mol. The zero-order chi connectivity index (χ0) is 19.3. The molecule has 2 aromatic rings. The van der Waals surface area contributed by atoms with Gasteiger partial charge in [-0.25, -0.2) is 4.79 Å². The Bertz CT molecular complexity index is 820. The molecule has 0 radical (unpaired) electrons. The Balaban J connectivity index is 2.05. The molecule has 2 rings (SSSR count). The number of hydrogen-bond acceptors (Lipinski definition) is 6. The summed E-state index contributed by atoms with van der Waals surface area (Å²) in [6.07, 6.45) is -1.00. The summed E-state index contributed by atoms with van der Waals surface area (Å²) in [5.41, 5.74) is 7.72. The van der Waals surface area contributed by atoms with Crippen LogP contribution in [0.3, 0.4) is 0 Å². The van der Waals surface area contributed by atoms with Gasteiger partial charge in [0, 0.05) is 17.4 Å². The molecule has 0 aromatic heterocycles. The third kappa shape index (κ3) is 4.24. The summed E-state index contributed by atoms with van der Waals surface area (Å²) in [6, 6.07) is 9.99. The number of rotatable bonds is 6. The Kier molecular flexibility index (Phi) is 6.06. The lowest BCUT2D eigenvalue weighted by atomic mass is 10.1. The lowest BCUT2D eigenvalue weighted by molar-refractivity contribution is -0.123. The average Bonchev–Trinajstić information content (AvgIpc) is 2.63. The molecule has 0 saturated carbocycles. The van der Waals surface area contributed by atoms with E-state index in [2.05, 4.69) is 5.32 Å². The van der Waals surface area contributed by atoms with Crippen molar-refractivity contribution in [3.8, 4) is 11.5 Å². The van der Waals surface area contributed by atoms with Crippen molar-refractivity contribution in [1.29, 1.82) is 0 Å². The molecule has 1 atom stereocenters. The van der Waals surface area contributed by atoms with E-state index in [1.54, 1.807) is 43.3 Å². The van der Waals surface area contributed by atoms with Crippen LogP contribution in [0.15, 0.2) is 36.4 Å². The van der Waals surface area contributed by atoms with Crippen LogP contribution < -0.4 is 20.5 Å². The second kappa shape index (κ2) is 8.24. The highest BCUT2D eigenvalue weighted by Gasteiger charge is 2.21. The number of esters is 1. The van der Waals surface area contributed by atoms with E-state index in [0.29, 0.717) is 22.9 Å². The van der Waals surface area contributed by atoms with Crippen molar-refractivity contribution in [2.75, 3.05) is 25.3 Å². The molecule has 0 bridgehead atoms. The molecule has 0 saturated heterocycles. The number of methoxy groups -OCH3 is 2. The standard InChI is InChI=1S/C19H22N2O5/c1-11-6-5-7-14(17(11)20)19(23)26-12(2)18(22)21-13-8-9-15(24-3)16(10-13)25-4/h5-10,12H,20H2,1-4H3,(H,21,22). The van der Waals surface area contributed by atoms with Crippen molar-refractivity contribution in [2.24, 2.45) is 0 Å². The van der Waals surface area contributed by atoms with E-state index in [9.17, 15) is 9.59 Å². The minimum Gasteiger partial charge on any atom is -0.493 e. The van der Waals surface area contributed by atoms with Gasteiger partial charge >= 0.3 is 5.97 Å². The Morgan fingerprint density at radius 1 is 1.08 bits per heavy atom. The van der Waals surface area contributed by atoms with Gasteiger partial charge in [0.2, 0.25) is 0 Å². The lowest BCUT2D eigenvalue weighted by Crippen LogP contribution is -2.30. The summed E-state index contributed by atoms with van der Waals surface area (Å²) < 4.78 is 15.6. The van der Waals surface area contributed by atoms with Gasteiger partial charge in [0.25, 0.3) is 5.91 Å². The normalized spacial score (nSPS) is 11.4. The third-order valence-electron chi connectivity index (χ3n) is 3.85. The van der Waals surface area contributed by atoms with Crippen LogP contribution in [0, 0.1) is 6.92 Å². The maximum atomic E-state index is 12.3. The van der Waals surface area contributed by atoms with Crippen LogP contribution in [0.4, 0.5) is 11.4 Å². The van der Waals surface area contributed by atoms with E-state index in [1.165, 1.54) is 21.1 Å². The SMILES string of the molecule is COc1ccc(NC(=O)C(C)OC(=O)c2cccc(C)c2N)cc1OC. The molecule has 0 aliphatic carbocycles. The molecule has 3 N–H and O–H groups in total. The van der Waals surface area contributed by atoms with E-state index in [-0.39, 0.29) is 5.56 Å². The van der Waals surface area contributed by atoms with Crippen LogP contribution in [0.1, 0.15) is 22.8 Å². The summed E-state index contributed by atoms with van der Waals surface area (Å²) >= 11 is 0. The molecule has 1 amide bonds. The van der Waals surface area contributed by atoms with E-state index >= 15 is 0 Å². The summed E-state index contributed by atoms with van der Waals surface area (Å²) in [7, 11) is 3.02. The number of carbonyl (C=O) groups excluding carboxylic acids is 2. The maximum absolute atomic E-state index is 12.3. The fraction of sp³-hybridized carbons (Fsp3) is 0.263. The number of hydrogen-bond donors (Lipinski definition) is 2. The first kappa shape index (κ1) is 19.1. The van der Waals surface area contributed by atoms with Gasteiger partial charge in [-0.1, -0.05) is 12.1 Å². The highest BCUT2D eigenvalue weighted by Crippen LogP contribution is 2.29. The molecule has 2 aromatic carbocycles. The van der Waals surface area contributed by atoms with Crippen LogP contribution in [0.5, 0.6) is 11.5 Å². The van der Waals surface area contributed by atoms with Crippen molar-refractivity contribution in [3.63, 3.8) is 0 Å². The van der Waals surface area contributed by atoms with Crippen molar-refractivity contribution >= 4 is 23.3 Å². The Morgan fingerprint density at radius 2 is 1.77 bits per heavy atom. The van der Waals surface area contributed by atoms with Crippen molar-refractivity contribution < 1.29 is 23.8 Å². The fourth-order valence-electron chi connectivity index (χ4n) is 2.29. The molecular weight excluding hydrogens is 336 g/mol. The highest BCUT2D eigenvalue weighted by molar-refractivity contribution is 5.99. The zero-order valence-corrected chi connectivity index (χ0v) is 15.2. The molecule has 1 unspecified atom stereocenters. The zero-order valence-electron chi connectivity index (χ0n) is 15.2. The molecule has 0 spiro atoms. The number of nitrogens with one attached hydrogen (secondary N) is 1. The molecule has 0 aliphatic heterocycles. The topological polar surface area (TPSA) is 99.9 Å². The average molecular weight is 358 g/mol. The first-order valence-corrected chi connectivity index (χ1v) is 7.96. The van der Waals surface area contributed by atoms with Crippen LogP contribution >= 0.6 is 0 Å². The number of ether oxygens (including phenoxy) is 3. The van der Waals surface area contributed by atoms with Gasteiger partial charge in [-0.3, -0.25) is 4.79 Å². The number of benzene rings is 2. The largest absolute Gasteiger partial charge is 0.493 e. The number of anilines is 2. The van der Waals surface area contributed by atoms with Gasteiger partial charge < -0.3 is 25.3 Å². The van der Waals surface area contributed by atoms with Crippen LogP contribution in [0.2, 0.25) is 0 Å². The predicted octanol–water partition coefficient (Wildman–Crippen LogP) is 2.78. The molecule has 0 heterocycles. The molecule has 0 fully saturated rings. The minimum absolute atomic E-state index is 0.232. The Labute approximate surface area is 152 Å². The molecule has 26 heavy (non-hydrogen) atoms. The van der Waals surface area contributed by atoms with Gasteiger partial charge in [0.05, 0.1) is 19.8 Å². The molecule has 7 nitrogen and oxygen atoms in total. The van der Waals surface area contributed by atoms with Crippen LogP contribution in [-0.4, -0.2) is 32.2 Å². The third-order valence-corrected chi connectivity index (χ3v) is 3.85. The Hall–Kier alpha value is -3.22. The number of nitrogens with two attached hydrogens (primary N) is 1. The Morgan fingerprint density at radius 3 is 2.42 bits per heavy atom. The van der Waals surface area contributed by atoms with Gasteiger partial charge in [-0.05, 0) is 37.6 Å². The molecule has 7 heteroatoms. The van der Waals surface area contributed by atoms with Crippen molar-refractivity contribution in [2.45, 2.75) is 20.0 Å². The van der Waals surface area contributed by atoms with Gasteiger partial charge in [0.1, 0.15) is 0 Å². The number of carbonyl (C=O) groups is 2. The van der Waals surface area contributed by atoms with Gasteiger partial charge in [-0.15, -0.1) is 0 Å². The summed E-state index contributed by atoms with van der Waals surface area (Å²) in [6.45, 7) is 3.28. The van der Waals surface area contributed by atoms with Crippen molar-refractivity contribution in [1.82, 2.24) is 0 Å². The molecule has 0 aliphatic rings. The minimum atomic E-state index is -1.00. The highest BCUT2D eigenvalue weighted by atomic mass is 16.5. The number of amides is 1. The van der Waals surface area contributed by atoms with Crippen molar-refractivity contribution in [3.05, 3.63) is 47.5 Å². The number of para-hydroxylation sites is 1. The van der Waals surface area contributed by atoms with E-state index in [0.717, 1.165) is 5.56 Å². The smallest absolute Gasteiger partial charge is 0.341 e. The summed E-state index contributed by atoms with van der Waals surface area (Å²) in [5, 5.41) is 2.67. The fourth-order valence-corrected chi connectivity index (χ4v) is 2.29. The van der Waals surface area contributed by atoms with E-state index < -0.39 is 18.0 Å². The molecule has 138 valence electrons. The second-order valence-electron chi connectivity index (χ2n) is 5.64. The second-order valence-corrected chi connectivity index (χ2v) is 5.64. The lowest BCUT2D eigenvalue weighted by Gasteiger charge is -2.15. The van der Waals surface area contributed by atoms with Crippen LogP contribution in [0.25, 0.3) is 0 Å².